The summed E-state index contributed by atoms with van der Waals surface area (Å²) in [5.41, 5.74) is 0.627. The van der Waals surface area contributed by atoms with E-state index < -0.39 is 39.9 Å². The van der Waals surface area contributed by atoms with E-state index in [-0.39, 0.29) is 35.2 Å². The molecule has 5 nitrogen and oxygen atoms in total. The first-order chi connectivity index (χ1) is 16.6. The second-order valence-electron chi connectivity index (χ2n) is 7.74. The van der Waals surface area contributed by atoms with Crippen molar-refractivity contribution in [2.24, 2.45) is 0 Å². The van der Waals surface area contributed by atoms with Gasteiger partial charge >= 0.3 is 0 Å². The molecular weight excluding hydrogens is 484 g/mol. The number of hydrogen-bond acceptors (Lipinski definition) is 4. The number of halogens is 4. The minimum atomic E-state index is -3.04. The Morgan fingerprint density at radius 1 is 0.857 bits per heavy atom. The Morgan fingerprint density at radius 3 is 1.83 bits per heavy atom. The Labute approximate surface area is 204 Å². The first kappa shape index (κ1) is 28.4. The number of thiol groups is 1. The molecule has 0 saturated heterocycles. The van der Waals surface area contributed by atoms with Gasteiger partial charge in [-0.15, -0.1) is 0 Å². The predicted octanol–water partition coefficient (Wildman–Crippen LogP) is 4.52. The molecule has 0 amide bonds. The number of allylic oxidation sites excluding steroid dienone is 1. The molecule has 0 aliphatic carbocycles. The Bertz CT molecular complexity index is 1170. The van der Waals surface area contributed by atoms with Gasteiger partial charge < -0.3 is 4.90 Å². The third-order valence-corrected chi connectivity index (χ3v) is 5.78. The van der Waals surface area contributed by atoms with Crippen LogP contribution in [0, 0.1) is 23.3 Å². The van der Waals surface area contributed by atoms with Gasteiger partial charge in [0.2, 0.25) is 10.9 Å². The van der Waals surface area contributed by atoms with Gasteiger partial charge in [0.1, 0.15) is 0 Å². The maximum absolute atomic E-state index is 13.8. The van der Waals surface area contributed by atoms with Gasteiger partial charge in [0, 0.05) is 17.7 Å². The average molecular weight is 513 g/mol. The summed E-state index contributed by atoms with van der Waals surface area (Å²) in [7, 11) is -3.04. The minimum absolute atomic E-state index is 0.0214. The molecule has 0 atom stereocenters. The third-order valence-electron chi connectivity index (χ3n) is 5.37. The fourth-order valence-corrected chi connectivity index (χ4v) is 3.74. The van der Waals surface area contributed by atoms with Crippen LogP contribution in [0.25, 0.3) is 12.2 Å². The standard InChI is InChI=1S/C25H28F4N2O3S/c1-3-31(4-2)11-5-6-19(12-17-7-9-21(26)23(28)14-17)25(32)20(16-30-35(33)34)13-18-8-10-22(27)24(29)15-18/h7-10,12-15,35H,3-6,11,16H2,1-2H3,(H,30,33,34)/b19-12+,20-13+. The zero-order chi connectivity index (χ0) is 26.0. The van der Waals surface area contributed by atoms with Crippen molar-refractivity contribution < 1.29 is 30.8 Å². The van der Waals surface area contributed by atoms with Crippen molar-refractivity contribution in [2.75, 3.05) is 26.2 Å². The summed E-state index contributed by atoms with van der Waals surface area (Å²) in [6.07, 6.45) is 3.53. The van der Waals surface area contributed by atoms with Gasteiger partial charge in [-0.05, 0) is 80.0 Å². The van der Waals surface area contributed by atoms with Crippen molar-refractivity contribution in [1.82, 2.24) is 9.62 Å². The van der Waals surface area contributed by atoms with Gasteiger partial charge in [-0.25, -0.2) is 30.7 Å². The molecule has 0 saturated carbocycles. The quantitative estimate of drug-likeness (QED) is 0.235. The number of nitrogens with zero attached hydrogens (tertiary/aromatic N) is 1. The second-order valence-corrected chi connectivity index (χ2v) is 8.57. The fraction of sp³-hybridized carbons (Fsp3) is 0.320. The normalized spacial score (nSPS) is 12.6. The van der Waals surface area contributed by atoms with Crippen LogP contribution in [0.5, 0.6) is 0 Å². The van der Waals surface area contributed by atoms with Gasteiger partial charge in [-0.1, -0.05) is 26.0 Å². The van der Waals surface area contributed by atoms with Crippen molar-refractivity contribution in [3.05, 3.63) is 81.9 Å². The van der Waals surface area contributed by atoms with Crippen molar-refractivity contribution in [3.63, 3.8) is 0 Å². The van der Waals surface area contributed by atoms with E-state index in [9.17, 15) is 30.8 Å². The van der Waals surface area contributed by atoms with Crippen molar-refractivity contribution in [2.45, 2.75) is 26.7 Å². The monoisotopic (exact) mass is 512 g/mol. The SMILES string of the molecule is CCN(CC)CCC/C(=C\c1ccc(F)c(F)c1)C(=O)/C(=C/c1ccc(F)c(F)c1)CN[SH](=O)=O. The highest BCUT2D eigenvalue weighted by Gasteiger charge is 2.17. The van der Waals surface area contributed by atoms with E-state index in [0.29, 0.717) is 13.0 Å². The summed E-state index contributed by atoms with van der Waals surface area (Å²) >= 11 is 0. The van der Waals surface area contributed by atoms with Gasteiger partial charge in [-0.2, -0.15) is 0 Å². The summed E-state index contributed by atoms with van der Waals surface area (Å²) < 4.78 is 78.5. The lowest BCUT2D eigenvalue weighted by atomic mass is 9.95. The van der Waals surface area contributed by atoms with Crippen molar-refractivity contribution in [3.8, 4) is 0 Å². The Balaban J connectivity index is 2.47. The van der Waals surface area contributed by atoms with Crippen molar-refractivity contribution in [1.29, 1.82) is 0 Å². The molecule has 0 aromatic heterocycles. The summed E-state index contributed by atoms with van der Waals surface area (Å²) in [6.45, 7) is 5.93. The molecular formula is C25H28F4N2O3S. The molecule has 0 radical (unpaired) electrons. The molecule has 0 spiro atoms. The zero-order valence-electron chi connectivity index (χ0n) is 19.5. The summed E-state index contributed by atoms with van der Waals surface area (Å²) in [5.74, 6) is -4.84. The molecule has 0 heterocycles. The van der Waals surface area contributed by atoms with Crippen LogP contribution in [0.4, 0.5) is 17.6 Å². The zero-order valence-corrected chi connectivity index (χ0v) is 20.4. The molecule has 2 aromatic rings. The molecule has 0 bridgehead atoms. The molecule has 0 unspecified atom stereocenters. The summed E-state index contributed by atoms with van der Waals surface area (Å²) in [6, 6.07) is 6.26. The highest BCUT2D eigenvalue weighted by atomic mass is 32.2. The lowest BCUT2D eigenvalue weighted by Gasteiger charge is -2.18. The minimum Gasteiger partial charge on any atom is -0.304 e. The van der Waals surface area contributed by atoms with Gasteiger partial charge in [0.05, 0.1) is 0 Å². The highest BCUT2D eigenvalue weighted by Crippen LogP contribution is 2.21. The van der Waals surface area contributed by atoms with Gasteiger partial charge in [0.15, 0.2) is 29.1 Å². The first-order valence-corrected chi connectivity index (χ1v) is 12.3. The smallest absolute Gasteiger partial charge is 0.201 e. The average Bonchev–Trinajstić information content (AvgIpc) is 2.82. The van der Waals surface area contributed by atoms with Crippen LogP contribution >= 0.6 is 0 Å². The molecule has 2 aromatic carbocycles. The first-order valence-electron chi connectivity index (χ1n) is 11.1. The maximum Gasteiger partial charge on any atom is 0.201 e. The number of ketones is 1. The molecule has 0 aliphatic heterocycles. The van der Waals surface area contributed by atoms with E-state index in [1.54, 1.807) is 0 Å². The van der Waals surface area contributed by atoms with Crippen LogP contribution in [0.1, 0.15) is 37.8 Å². The summed E-state index contributed by atoms with van der Waals surface area (Å²) in [4.78, 5) is 15.6. The van der Waals surface area contributed by atoms with E-state index in [1.807, 2.05) is 13.8 Å². The number of Topliss-reactive ketones (excluding diaryl/α,β-unsaturated/α-hetero) is 1. The maximum atomic E-state index is 13.8. The second kappa shape index (κ2) is 13.9. The van der Waals surface area contributed by atoms with Crippen LogP contribution < -0.4 is 4.72 Å². The third kappa shape index (κ3) is 9.04. The molecule has 2 rings (SSSR count). The largest absolute Gasteiger partial charge is 0.304 e. The number of nitrogens with one attached hydrogen (secondary N) is 1. The van der Waals surface area contributed by atoms with Crippen LogP contribution in [-0.2, 0) is 15.7 Å². The Hall–Kier alpha value is -2.82. The molecule has 0 aliphatic rings. The molecule has 35 heavy (non-hydrogen) atoms. The fourth-order valence-electron chi connectivity index (χ4n) is 3.44. The van der Waals surface area contributed by atoms with Gasteiger partial charge in [-0.3, -0.25) is 4.79 Å². The molecule has 1 N–H and O–H groups in total. The van der Waals surface area contributed by atoms with Gasteiger partial charge in [0.25, 0.3) is 0 Å². The highest BCUT2D eigenvalue weighted by molar-refractivity contribution is 7.70. The Kier molecular flexibility index (Phi) is 11.3. The Morgan fingerprint density at radius 2 is 1.37 bits per heavy atom. The van der Waals surface area contributed by atoms with Crippen LogP contribution in [-0.4, -0.2) is 45.3 Å². The molecule has 0 fully saturated rings. The van der Waals surface area contributed by atoms with Crippen molar-refractivity contribution >= 4 is 28.8 Å². The van der Waals surface area contributed by atoms with E-state index in [1.165, 1.54) is 24.3 Å². The lowest BCUT2D eigenvalue weighted by Crippen LogP contribution is -2.25. The number of hydrogen-bond donors (Lipinski definition) is 2. The summed E-state index contributed by atoms with van der Waals surface area (Å²) in [5, 5.41) is 0. The topological polar surface area (TPSA) is 66.5 Å². The molecule has 10 heteroatoms. The van der Waals surface area contributed by atoms with E-state index in [2.05, 4.69) is 9.62 Å². The van der Waals surface area contributed by atoms with Crippen LogP contribution in [0.3, 0.4) is 0 Å². The molecule has 190 valence electrons. The van der Waals surface area contributed by atoms with Crippen LogP contribution in [0.15, 0.2) is 47.5 Å². The predicted molar refractivity (Wildman–Crippen MR) is 129 cm³/mol. The number of benzene rings is 2. The van der Waals surface area contributed by atoms with E-state index in [0.717, 1.165) is 37.4 Å². The number of carbonyl (C=O) groups is 1. The van der Waals surface area contributed by atoms with E-state index in [4.69, 9.17) is 0 Å². The van der Waals surface area contributed by atoms with E-state index >= 15 is 0 Å². The lowest BCUT2D eigenvalue weighted by molar-refractivity contribution is -0.112. The van der Waals surface area contributed by atoms with Crippen LogP contribution in [0.2, 0.25) is 0 Å². The number of carbonyl (C=O) groups excluding carboxylic acids is 1. The number of rotatable bonds is 13.